The lowest BCUT2D eigenvalue weighted by molar-refractivity contribution is 0.0179. The highest BCUT2D eigenvalue weighted by atomic mass is 19.1. The Kier molecular flexibility index (Phi) is 8.75. The molecule has 1 heterocycles. The number of hydrogen-bond acceptors (Lipinski definition) is 4. The summed E-state index contributed by atoms with van der Waals surface area (Å²) < 4.78 is 32.0. The Balaban J connectivity index is 1.68. The van der Waals surface area contributed by atoms with E-state index in [-0.39, 0.29) is 24.2 Å². The van der Waals surface area contributed by atoms with Crippen molar-refractivity contribution in [3.63, 3.8) is 0 Å². The van der Waals surface area contributed by atoms with Crippen LogP contribution in [0.3, 0.4) is 0 Å². The number of morpholine rings is 1. The standard InChI is InChI=1S/C23H30F2N4O2/c1-2-26-23(28-16-22(30)18-5-9-20(25)10-6-18)27-15-21(29-11-13-31-14-12-29)17-3-7-19(24)8-4-17/h3-10,21-22,30H,2,11-16H2,1H3,(H2,26,27,28). The van der Waals surface area contributed by atoms with Crippen LogP contribution in [-0.2, 0) is 4.74 Å². The second kappa shape index (κ2) is 11.7. The second-order valence-electron chi connectivity index (χ2n) is 7.38. The van der Waals surface area contributed by atoms with Crippen LogP contribution in [0.5, 0.6) is 0 Å². The molecule has 3 rings (SSSR count). The molecule has 0 bridgehead atoms. The van der Waals surface area contributed by atoms with Gasteiger partial charge in [-0.25, -0.2) is 8.78 Å². The summed E-state index contributed by atoms with van der Waals surface area (Å²) >= 11 is 0. The quantitative estimate of drug-likeness (QED) is 0.442. The second-order valence-corrected chi connectivity index (χ2v) is 7.38. The van der Waals surface area contributed by atoms with Crippen molar-refractivity contribution in [3.05, 3.63) is 71.3 Å². The number of ether oxygens (including phenoxy) is 1. The molecule has 1 aliphatic rings. The van der Waals surface area contributed by atoms with E-state index < -0.39 is 6.10 Å². The molecule has 0 aliphatic carbocycles. The summed E-state index contributed by atoms with van der Waals surface area (Å²) in [6.07, 6.45) is -0.795. The molecule has 31 heavy (non-hydrogen) atoms. The van der Waals surface area contributed by atoms with Gasteiger partial charge in [0.2, 0.25) is 0 Å². The van der Waals surface area contributed by atoms with Gasteiger partial charge in [-0.05, 0) is 42.3 Å². The van der Waals surface area contributed by atoms with Crippen molar-refractivity contribution in [2.24, 2.45) is 4.99 Å². The highest BCUT2D eigenvalue weighted by molar-refractivity contribution is 5.79. The van der Waals surface area contributed by atoms with Gasteiger partial charge in [0, 0.05) is 26.2 Å². The highest BCUT2D eigenvalue weighted by Gasteiger charge is 2.22. The predicted octanol–water partition coefficient (Wildman–Crippen LogP) is 2.63. The maximum Gasteiger partial charge on any atom is 0.191 e. The average Bonchev–Trinajstić information content (AvgIpc) is 2.79. The average molecular weight is 433 g/mol. The van der Waals surface area contributed by atoms with E-state index in [4.69, 9.17) is 9.73 Å². The Hall–Kier alpha value is -2.55. The first-order chi connectivity index (χ1) is 15.1. The molecule has 8 heteroatoms. The number of nitrogens with one attached hydrogen (secondary N) is 2. The highest BCUT2D eigenvalue weighted by Crippen LogP contribution is 2.23. The molecule has 1 saturated heterocycles. The SMILES string of the molecule is CCNC(=NCC(c1ccc(F)cc1)N1CCOCC1)NCC(O)c1ccc(F)cc1. The maximum absolute atomic E-state index is 13.4. The number of hydrogen-bond donors (Lipinski definition) is 3. The molecule has 1 fully saturated rings. The first kappa shape index (κ1) is 23.1. The number of halogens is 2. The van der Waals surface area contributed by atoms with Gasteiger partial charge < -0.3 is 20.5 Å². The fourth-order valence-corrected chi connectivity index (χ4v) is 3.52. The van der Waals surface area contributed by atoms with Crippen LogP contribution in [0.15, 0.2) is 53.5 Å². The van der Waals surface area contributed by atoms with E-state index in [0.29, 0.717) is 37.8 Å². The van der Waals surface area contributed by atoms with Gasteiger partial charge in [0.25, 0.3) is 0 Å². The van der Waals surface area contributed by atoms with Crippen LogP contribution in [-0.4, -0.2) is 61.9 Å². The van der Waals surface area contributed by atoms with Gasteiger partial charge in [-0.15, -0.1) is 0 Å². The third kappa shape index (κ3) is 6.99. The van der Waals surface area contributed by atoms with E-state index in [1.54, 1.807) is 24.3 Å². The van der Waals surface area contributed by atoms with Crippen molar-refractivity contribution in [1.82, 2.24) is 15.5 Å². The monoisotopic (exact) mass is 432 g/mol. The molecular formula is C23H30F2N4O2. The van der Waals surface area contributed by atoms with Crippen LogP contribution >= 0.6 is 0 Å². The Morgan fingerprint density at radius 3 is 2.16 bits per heavy atom. The van der Waals surface area contributed by atoms with Crippen LogP contribution in [0.2, 0.25) is 0 Å². The zero-order valence-electron chi connectivity index (χ0n) is 17.7. The fourth-order valence-electron chi connectivity index (χ4n) is 3.52. The van der Waals surface area contributed by atoms with E-state index in [1.165, 1.54) is 24.3 Å². The Labute approximate surface area is 181 Å². The molecule has 2 atom stereocenters. The molecular weight excluding hydrogens is 402 g/mol. The molecule has 2 aromatic rings. The lowest BCUT2D eigenvalue weighted by atomic mass is 10.0. The van der Waals surface area contributed by atoms with Crippen LogP contribution in [0, 0.1) is 11.6 Å². The van der Waals surface area contributed by atoms with E-state index in [9.17, 15) is 13.9 Å². The van der Waals surface area contributed by atoms with Crippen LogP contribution < -0.4 is 10.6 Å². The number of nitrogens with zero attached hydrogens (tertiary/aromatic N) is 2. The number of rotatable bonds is 8. The van der Waals surface area contributed by atoms with Crippen LogP contribution in [0.25, 0.3) is 0 Å². The zero-order valence-corrected chi connectivity index (χ0v) is 17.7. The van der Waals surface area contributed by atoms with Crippen molar-refractivity contribution in [1.29, 1.82) is 0 Å². The first-order valence-electron chi connectivity index (χ1n) is 10.6. The number of aliphatic imine (C=N–C) groups is 1. The van der Waals surface area contributed by atoms with Gasteiger partial charge >= 0.3 is 0 Å². The van der Waals surface area contributed by atoms with Gasteiger partial charge in [-0.1, -0.05) is 24.3 Å². The number of aliphatic hydroxyl groups is 1. The van der Waals surface area contributed by atoms with Gasteiger partial charge in [0.15, 0.2) is 5.96 Å². The van der Waals surface area contributed by atoms with Crippen molar-refractivity contribution in [3.8, 4) is 0 Å². The van der Waals surface area contributed by atoms with E-state index >= 15 is 0 Å². The Morgan fingerprint density at radius 1 is 1.00 bits per heavy atom. The topological polar surface area (TPSA) is 69.1 Å². The molecule has 6 nitrogen and oxygen atoms in total. The molecule has 0 aromatic heterocycles. The minimum Gasteiger partial charge on any atom is -0.387 e. The predicted molar refractivity (Wildman–Crippen MR) is 117 cm³/mol. The van der Waals surface area contributed by atoms with Crippen molar-refractivity contribution >= 4 is 5.96 Å². The summed E-state index contributed by atoms with van der Waals surface area (Å²) in [5.41, 5.74) is 1.62. The smallest absolute Gasteiger partial charge is 0.191 e. The van der Waals surface area contributed by atoms with Crippen LogP contribution in [0.4, 0.5) is 8.78 Å². The minimum absolute atomic E-state index is 0.0121. The molecule has 0 spiro atoms. The summed E-state index contributed by atoms with van der Waals surface area (Å²) in [7, 11) is 0. The Morgan fingerprint density at radius 2 is 1.58 bits per heavy atom. The summed E-state index contributed by atoms with van der Waals surface area (Å²) in [5, 5.41) is 16.7. The number of benzene rings is 2. The van der Waals surface area contributed by atoms with Gasteiger partial charge in [0.1, 0.15) is 11.6 Å². The first-order valence-corrected chi connectivity index (χ1v) is 10.6. The Bertz CT molecular complexity index is 824. The molecule has 2 unspecified atom stereocenters. The molecule has 1 aliphatic heterocycles. The zero-order chi connectivity index (χ0) is 22.1. The van der Waals surface area contributed by atoms with Crippen LogP contribution in [0.1, 0.15) is 30.2 Å². The van der Waals surface area contributed by atoms with E-state index in [1.807, 2.05) is 6.92 Å². The van der Waals surface area contributed by atoms with Crippen molar-refractivity contribution in [2.45, 2.75) is 19.1 Å². The normalized spacial score (nSPS) is 17.2. The summed E-state index contributed by atoms with van der Waals surface area (Å²) in [6, 6.07) is 12.3. The fraction of sp³-hybridized carbons (Fsp3) is 0.435. The maximum atomic E-state index is 13.4. The third-order valence-electron chi connectivity index (χ3n) is 5.23. The van der Waals surface area contributed by atoms with Crippen molar-refractivity contribution in [2.75, 3.05) is 45.9 Å². The molecule has 168 valence electrons. The summed E-state index contributed by atoms with van der Waals surface area (Å²) in [6.45, 7) is 6.21. The van der Waals surface area contributed by atoms with Gasteiger partial charge in [0.05, 0.1) is 31.9 Å². The number of guanidine groups is 1. The van der Waals surface area contributed by atoms with E-state index in [0.717, 1.165) is 18.7 Å². The molecule has 0 saturated carbocycles. The molecule has 2 aromatic carbocycles. The largest absolute Gasteiger partial charge is 0.387 e. The lowest BCUT2D eigenvalue weighted by Crippen LogP contribution is -2.42. The minimum atomic E-state index is -0.795. The molecule has 3 N–H and O–H groups in total. The summed E-state index contributed by atoms with van der Waals surface area (Å²) in [5.74, 6) is -0.0319. The van der Waals surface area contributed by atoms with E-state index in [2.05, 4.69) is 15.5 Å². The lowest BCUT2D eigenvalue weighted by Gasteiger charge is -2.34. The molecule has 0 radical (unpaired) electrons. The number of aliphatic hydroxyl groups excluding tert-OH is 1. The van der Waals surface area contributed by atoms with Gasteiger partial charge in [-0.2, -0.15) is 0 Å². The third-order valence-corrected chi connectivity index (χ3v) is 5.23. The molecule has 0 amide bonds. The summed E-state index contributed by atoms with van der Waals surface area (Å²) in [4.78, 5) is 7.00. The van der Waals surface area contributed by atoms with Gasteiger partial charge in [-0.3, -0.25) is 9.89 Å². The van der Waals surface area contributed by atoms with Crippen molar-refractivity contribution < 1.29 is 18.6 Å².